The van der Waals surface area contributed by atoms with Crippen LogP contribution in [0.3, 0.4) is 0 Å². The number of nitrogens with zero attached hydrogens (tertiary/aromatic N) is 3. The van der Waals surface area contributed by atoms with E-state index in [1.807, 2.05) is 24.4 Å². The Labute approximate surface area is 147 Å². The molecule has 0 aliphatic carbocycles. The van der Waals surface area contributed by atoms with Crippen LogP contribution in [-0.2, 0) is 0 Å². The van der Waals surface area contributed by atoms with Crippen LogP contribution in [-0.4, -0.2) is 29.4 Å². The fraction of sp³-hybridized carbons (Fsp3) is 0.294. The summed E-state index contributed by atoms with van der Waals surface area (Å²) in [6.45, 7) is 2.06. The van der Waals surface area contributed by atoms with Gasteiger partial charge in [0.05, 0.1) is 10.6 Å². The lowest BCUT2D eigenvalue weighted by atomic mass is 10.1. The number of hydrogen-bond acceptors (Lipinski definition) is 5. The molecule has 0 atom stereocenters. The van der Waals surface area contributed by atoms with Crippen molar-refractivity contribution >= 4 is 55.9 Å². The molecule has 1 N–H and O–H groups in total. The van der Waals surface area contributed by atoms with Crippen molar-refractivity contribution in [3.8, 4) is 5.88 Å². The lowest BCUT2D eigenvalue weighted by Gasteiger charge is -2.25. The molecule has 3 heterocycles. The molecular weight excluding hydrogens is 374 g/mol. The van der Waals surface area contributed by atoms with Gasteiger partial charge in [-0.3, -0.25) is 4.99 Å². The van der Waals surface area contributed by atoms with E-state index in [-0.39, 0.29) is 5.88 Å². The molecule has 2 aliphatic heterocycles. The summed E-state index contributed by atoms with van der Waals surface area (Å²) in [6, 6.07) is 6.03. The summed E-state index contributed by atoms with van der Waals surface area (Å²) in [5.74, 6) is 0.111. The van der Waals surface area contributed by atoms with Crippen molar-refractivity contribution in [2.75, 3.05) is 18.0 Å². The second-order valence-corrected chi connectivity index (χ2v) is 7.68. The van der Waals surface area contributed by atoms with Crippen molar-refractivity contribution in [3.05, 3.63) is 33.1 Å². The highest BCUT2D eigenvalue weighted by atomic mass is 79.9. The standard InChI is InChI=1S/C17H16BrN3OS/c18-12-4-5-14-13(9-12)11(10-19-14)8-15-16(22)20-17(23-15)21-6-2-1-3-7-21/h4-5,8-10,22H,1-3,6-7H2/b11-8+. The van der Waals surface area contributed by atoms with Crippen molar-refractivity contribution in [2.45, 2.75) is 19.3 Å². The molecule has 0 amide bonds. The third kappa shape index (κ3) is 2.93. The topological polar surface area (TPSA) is 48.7 Å². The fourth-order valence-electron chi connectivity index (χ4n) is 2.94. The first-order valence-corrected chi connectivity index (χ1v) is 9.32. The van der Waals surface area contributed by atoms with Crippen LogP contribution < -0.4 is 4.90 Å². The number of allylic oxidation sites excluding steroid dienone is 1. The number of aromatic hydroxyl groups is 1. The Bertz CT molecular complexity index is 806. The predicted octanol–water partition coefficient (Wildman–Crippen LogP) is 4.86. The molecule has 0 spiro atoms. The van der Waals surface area contributed by atoms with Crippen LogP contribution in [0.2, 0.25) is 0 Å². The van der Waals surface area contributed by atoms with Crippen molar-refractivity contribution in [1.29, 1.82) is 0 Å². The quantitative estimate of drug-likeness (QED) is 0.797. The molecule has 23 heavy (non-hydrogen) atoms. The molecule has 1 aromatic heterocycles. The van der Waals surface area contributed by atoms with E-state index >= 15 is 0 Å². The lowest BCUT2D eigenvalue weighted by molar-refractivity contribution is 0.455. The average molecular weight is 390 g/mol. The minimum Gasteiger partial charge on any atom is -0.492 e. The van der Waals surface area contributed by atoms with Gasteiger partial charge in [0, 0.05) is 34.9 Å². The summed E-state index contributed by atoms with van der Waals surface area (Å²) in [7, 11) is 0. The van der Waals surface area contributed by atoms with E-state index in [2.05, 4.69) is 36.9 Å². The van der Waals surface area contributed by atoms with E-state index < -0.39 is 0 Å². The van der Waals surface area contributed by atoms with Crippen molar-refractivity contribution in [3.63, 3.8) is 0 Å². The molecule has 0 saturated carbocycles. The van der Waals surface area contributed by atoms with Gasteiger partial charge in [0.15, 0.2) is 5.13 Å². The molecule has 1 aromatic carbocycles. The Kier molecular flexibility index (Phi) is 3.95. The molecule has 2 aromatic rings. The second-order valence-electron chi connectivity index (χ2n) is 5.75. The molecule has 1 fully saturated rings. The molecule has 1 saturated heterocycles. The van der Waals surface area contributed by atoms with E-state index in [4.69, 9.17) is 0 Å². The Morgan fingerprint density at radius 2 is 2.04 bits per heavy atom. The maximum Gasteiger partial charge on any atom is 0.231 e. The van der Waals surface area contributed by atoms with E-state index in [1.54, 1.807) is 11.3 Å². The maximum absolute atomic E-state index is 10.2. The van der Waals surface area contributed by atoms with Gasteiger partial charge >= 0.3 is 0 Å². The Hall–Kier alpha value is -1.66. The van der Waals surface area contributed by atoms with Gasteiger partial charge in [0.25, 0.3) is 0 Å². The van der Waals surface area contributed by atoms with Crippen LogP contribution in [0, 0.1) is 0 Å². The largest absolute Gasteiger partial charge is 0.492 e. The number of aliphatic imine (C=N–C) groups is 1. The molecule has 0 unspecified atom stereocenters. The molecule has 118 valence electrons. The van der Waals surface area contributed by atoms with Crippen LogP contribution in [0.5, 0.6) is 5.88 Å². The molecule has 2 aliphatic rings. The number of benzene rings is 1. The van der Waals surface area contributed by atoms with Gasteiger partial charge in [-0.1, -0.05) is 27.3 Å². The fourth-order valence-corrected chi connectivity index (χ4v) is 4.27. The number of rotatable bonds is 2. The first-order valence-electron chi connectivity index (χ1n) is 7.71. The van der Waals surface area contributed by atoms with E-state index in [0.29, 0.717) is 0 Å². The first-order chi connectivity index (χ1) is 11.2. The van der Waals surface area contributed by atoms with Gasteiger partial charge in [0.1, 0.15) is 0 Å². The minimum absolute atomic E-state index is 0.111. The van der Waals surface area contributed by atoms with Gasteiger partial charge in [0.2, 0.25) is 5.88 Å². The third-order valence-electron chi connectivity index (χ3n) is 4.15. The average Bonchev–Trinajstić information content (AvgIpc) is 3.13. The number of halogens is 1. The SMILES string of the molecule is Oc1nc(N2CCCCC2)sc1/C=C1\C=Nc2ccc(Br)cc21. The summed E-state index contributed by atoms with van der Waals surface area (Å²) in [6.07, 6.45) is 7.50. The molecular formula is C17H16BrN3OS. The zero-order chi connectivity index (χ0) is 15.8. The highest BCUT2D eigenvalue weighted by Gasteiger charge is 2.19. The van der Waals surface area contributed by atoms with Crippen molar-refractivity contribution in [1.82, 2.24) is 4.98 Å². The summed E-state index contributed by atoms with van der Waals surface area (Å²) >= 11 is 5.05. The van der Waals surface area contributed by atoms with Crippen LogP contribution in [0.25, 0.3) is 11.6 Å². The van der Waals surface area contributed by atoms with Crippen LogP contribution >= 0.6 is 27.3 Å². The van der Waals surface area contributed by atoms with Gasteiger partial charge < -0.3 is 10.0 Å². The number of aromatic nitrogens is 1. The van der Waals surface area contributed by atoms with Gasteiger partial charge in [-0.25, -0.2) is 0 Å². The molecule has 4 nitrogen and oxygen atoms in total. The summed E-state index contributed by atoms with van der Waals surface area (Å²) in [5.41, 5.74) is 3.04. The van der Waals surface area contributed by atoms with Crippen LogP contribution in [0.1, 0.15) is 29.7 Å². The van der Waals surface area contributed by atoms with Gasteiger partial charge in [-0.2, -0.15) is 4.98 Å². The Morgan fingerprint density at radius 1 is 1.22 bits per heavy atom. The van der Waals surface area contributed by atoms with E-state index in [0.717, 1.165) is 44.4 Å². The number of piperidine rings is 1. The highest BCUT2D eigenvalue weighted by molar-refractivity contribution is 9.10. The number of anilines is 1. The van der Waals surface area contributed by atoms with Gasteiger partial charge in [-0.05, 0) is 43.5 Å². The number of fused-ring (bicyclic) bond motifs is 1. The summed E-state index contributed by atoms with van der Waals surface area (Å²) < 4.78 is 1.02. The number of hydrogen-bond donors (Lipinski definition) is 1. The van der Waals surface area contributed by atoms with E-state index in [9.17, 15) is 5.11 Å². The normalized spacial score (nSPS) is 18.7. The summed E-state index contributed by atoms with van der Waals surface area (Å²) in [5, 5.41) is 11.1. The van der Waals surface area contributed by atoms with Gasteiger partial charge in [-0.15, -0.1) is 0 Å². The first kappa shape index (κ1) is 14.9. The van der Waals surface area contributed by atoms with Crippen molar-refractivity contribution < 1.29 is 5.11 Å². The second kappa shape index (κ2) is 6.09. The number of thiazole rings is 1. The molecule has 4 rings (SSSR count). The minimum atomic E-state index is 0.111. The molecule has 6 heteroatoms. The maximum atomic E-state index is 10.2. The molecule has 0 radical (unpaired) electrons. The zero-order valence-corrected chi connectivity index (χ0v) is 14.9. The smallest absolute Gasteiger partial charge is 0.231 e. The Balaban J connectivity index is 1.66. The van der Waals surface area contributed by atoms with Crippen LogP contribution in [0.4, 0.5) is 10.8 Å². The monoisotopic (exact) mass is 389 g/mol. The van der Waals surface area contributed by atoms with E-state index in [1.165, 1.54) is 19.3 Å². The van der Waals surface area contributed by atoms with Crippen LogP contribution in [0.15, 0.2) is 27.7 Å². The summed E-state index contributed by atoms with van der Waals surface area (Å²) in [4.78, 5) is 11.8. The zero-order valence-electron chi connectivity index (χ0n) is 12.5. The lowest BCUT2D eigenvalue weighted by Crippen LogP contribution is -2.29. The third-order valence-corrected chi connectivity index (χ3v) is 5.69. The molecule has 0 bridgehead atoms. The predicted molar refractivity (Wildman–Crippen MR) is 100 cm³/mol. The Morgan fingerprint density at radius 3 is 2.87 bits per heavy atom. The highest BCUT2D eigenvalue weighted by Crippen LogP contribution is 2.38. The van der Waals surface area contributed by atoms with Crippen molar-refractivity contribution in [2.24, 2.45) is 4.99 Å².